The van der Waals surface area contributed by atoms with Crippen molar-refractivity contribution in [2.24, 2.45) is 0 Å². The molecule has 3 rings (SSSR count). The van der Waals surface area contributed by atoms with Crippen molar-refractivity contribution in [1.82, 2.24) is 14.7 Å². The first-order valence-electron chi connectivity index (χ1n) is 8.88. The minimum atomic E-state index is -0.528. The van der Waals surface area contributed by atoms with Gasteiger partial charge in [0.2, 0.25) is 0 Å². The van der Waals surface area contributed by atoms with E-state index in [4.69, 9.17) is 4.98 Å². The zero-order chi connectivity index (χ0) is 19.6. The van der Waals surface area contributed by atoms with E-state index >= 15 is 0 Å². The second kappa shape index (κ2) is 7.60. The third-order valence-corrected chi connectivity index (χ3v) is 4.86. The Kier molecular flexibility index (Phi) is 5.23. The summed E-state index contributed by atoms with van der Waals surface area (Å²) in [7, 11) is 3.58. The number of fused-ring (bicyclic) bond motifs is 1. The molecule has 3 heterocycles. The molecule has 0 atom stereocenters. The number of rotatable bonds is 3. The van der Waals surface area contributed by atoms with E-state index in [1.807, 2.05) is 19.1 Å². The first-order chi connectivity index (χ1) is 13.0. The van der Waals surface area contributed by atoms with Crippen LogP contribution in [-0.4, -0.2) is 55.6 Å². The molecule has 8 heteroatoms. The maximum absolute atomic E-state index is 13.2. The molecule has 0 aromatic carbocycles. The quantitative estimate of drug-likeness (QED) is 0.536. The van der Waals surface area contributed by atoms with Crippen molar-refractivity contribution in [3.63, 3.8) is 0 Å². The number of carbonyl (C=O) groups is 1. The molecule has 1 aliphatic heterocycles. The zero-order valence-corrected chi connectivity index (χ0v) is 15.7. The highest BCUT2D eigenvalue weighted by molar-refractivity contribution is 6.02. The second-order valence-electron chi connectivity index (χ2n) is 6.73. The average molecular weight is 367 g/mol. The fourth-order valence-corrected chi connectivity index (χ4v) is 3.20. The second-order valence-corrected chi connectivity index (χ2v) is 6.73. The van der Waals surface area contributed by atoms with Crippen molar-refractivity contribution in [1.29, 1.82) is 5.26 Å². The predicted molar refractivity (Wildman–Crippen MR) is 103 cm³/mol. The fraction of sp³-hybridized carbons (Fsp3) is 0.368. The first-order valence-corrected chi connectivity index (χ1v) is 8.88. The number of nitriles is 1. The van der Waals surface area contributed by atoms with Crippen molar-refractivity contribution in [3.05, 3.63) is 45.4 Å². The van der Waals surface area contributed by atoms with Crippen molar-refractivity contribution in [2.45, 2.75) is 6.92 Å². The molecule has 0 radical (unpaired) electrons. The number of aromatic nitrogens is 2. The summed E-state index contributed by atoms with van der Waals surface area (Å²) in [5.74, 6) is -0.00142. The summed E-state index contributed by atoms with van der Waals surface area (Å²) in [5, 5.41) is 11.8. The molecule has 0 bridgehead atoms. The molecule has 0 spiro atoms. The Hall–Kier alpha value is -3.18. The van der Waals surface area contributed by atoms with E-state index in [0.717, 1.165) is 31.7 Å². The lowest BCUT2D eigenvalue weighted by atomic mass is 10.1. The van der Waals surface area contributed by atoms with Gasteiger partial charge in [-0.15, -0.1) is 0 Å². The lowest BCUT2D eigenvalue weighted by Gasteiger charge is -2.31. The summed E-state index contributed by atoms with van der Waals surface area (Å²) in [6.07, 6.45) is 3.00. The Bertz CT molecular complexity index is 1010. The van der Waals surface area contributed by atoms with Crippen LogP contribution in [-0.2, 0) is 4.79 Å². The normalized spacial score (nSPS) is 15.6. The van der Waals surface area contributed by atoms with Gasteiger partial charge < -0.3 is 15.1 Å². The number of quaternary nitrogens is 1. The smallest absolute Gasteiger partial charge is 0.267 e. The maximum Gasteiger partial charge on any atom is 0.267 e. The number of piperazine rings is 1. The highest BCUT2D eigenvalue weighted by Gasteiger charge is 2.24. The minimum absolute atomic E-state index is 0.120. The molecule has 0 aliphatic carbocycles. The Morgan fingerprint density at radius 1 is 1.41 bits per heavy atom. The molecular weight excluding hydrogens is 344 g/mol. The number of likely N-dealkylation sites (N-methyl/N-ethyl adjacent to an activating group) is 2. The van der Waals surface area contributed by atoms with Crippen molar-refractivity contribution in [3.8, 4) is 6.07 Å². The number of hydrogen-bond acceptors (Lipinski definition) is 5. The summed E-state index contributed by atoms with van der Waals surface area (Å²) in [6, 6.07) is 5.56. The summed E-state index contributed by atoms with van der Waals surface area (Å²) in [6.45, 7) is 5.27. The van der Waals surface area contributed by atoms with Gasteiger partial charge >= 0.3 is 0 Å². The Balaban J connectivity index is 2.26. The van der Waals surface area contributed by atoms with Crippen LogP contribution in [0.15, 0.2) is 28.7 Å². The van der Waals surface area contributed by atoms with E-state index in [1.165, 1.54) is 22.4 Å². The van der Waals surface area contributed by atoms with Crippen LogP contribution in [0, 0.1) is 18.3 Å². The van der Waals surface area contributed by atoms with E-state index < -0.39 is 5.91 Å². The van der Waals surface area contributed by atoms with Gasteiger partial charge in [-0.3, -0.25) is 14.0 Å². The molecule has 140 valence electrons. The van der Waals surface area contributed by atoms with E-state index in [-0.39, 0.29) is 16.7 Å². The van der Waals surface area contributed by atoms with Crippen LogP contribution in [0.4, 0.5) is 5.82 Å². The lowest BCUT2D eigenvalue weighted by Crippen LogP contribution is -3.12. The van der Waals surface area contributed by atoms with E-state index in [0.29, 0.717) is 11.5 Å². The molecule has 0 saturated carbocycles. The highest BCUT2D eigenvalue weighted by atomic mass is 16.1. The molecular formula is C19H23N6O2+. The van der Waals surface area contributed by atoms with Gasteiger partial charge in [-0.05, 0) is 24.6 Å². The van der Waals surface area contributed by atoms with Crippen molar-refractivity contribution in [2.75, 3.05) is 45.2 Å². The van der Waals surface area contributed by atoms with Gasteiger partial charge in [0.15, 0.2) is 0 Å². The molecule has 8 nitrogen and oxygen atoms in total. The highest BCUT2D eigenvalue weighted by Crippen LogP contribution is 2.20. The topological polar surface area (TPSA) is 94.9 Å². The third-order valence-electron chi connectivity index (χ3n) is 4.86. The lowest BCUT2D eigenvalue weighted by molar-refractivity contribution is -0.880. The number of aryl methyl sites for hydroxylation is 1. The van der Waals surface area contributed by atoms with Gasteiger partial charge in [0.25, 0.3) is 11.5 Å². The maximum atomic E-state index is 13.2. The summed E-state index contributed by atoms with van der Waals surface area (Å²) < 4.78 is 1.46. The molecule has 2 N–H and O–H groups in total. The Morgan fingerprint density at radius 3 is 2.74 bits per heavy atom. The molecule has 0 unspecified atom stereocenters. The number of nitrogens with one attached hydrogen (secondary N) is 2. The number of pyridine rings is 1. The van der Waals surface area contributed by atoms with Crippen molar-refractivity contribution < 1.29 is 9.69 Å². The third kappa shape index (κ3) is 3.55. The zero-order valence-electron chi connectivity index (χ0n) is 15.7. The largest absolute Gasteiger partial charge is 0.354 e. The van der Waals surface area contributed by atoms with Gasteiger partial charge in [-0.1, -0.05) is 6.07 Å². The van der Waals surface area contributed by atoms with Crippen molar-refractivity contribution >= 4 is 23.4 Å². The van der Waals surface area contributed by atoms with Crippen LogP contribution in [0.3, 0.4) is 0 Å². The number of carbonyl (C=O) groups excluding carboxylic acids is 1. The van der Waals surface area contributed by atoms with Crippen LogP contribution in [0.2, 0.25) is 0 Å². The van der Waals surface area contributed by atoms with Crippen LogP contribution in [0.5, 0.6) is 0 Å². The molecule has 1 saturated heterocycles. The summed E-state index contributed by atoms with van der Waals surface area (Å²) in [4.78, 5) is 33.4. The number of nitrogens with zero attached hydrogens (tertiary/aromatic N) is 4. The molecule has 1 amide bonds. The number of amides is 1. The predicted octanol–water partition coefficient (Wildman–Crippen LogP) is -1.01. The average Bonchev–Trinajstić information content (AvgIpc) is 2.68. The van der Waals surface area contributed by atoms with Gasteiger partial charge in [-0.2, -0.15) is 5.26 Å². The van der Waals surface area contributed by atoms with Crippen LogP contribution in [0.1, 0.15) is 11.1 Å². The van der Waals surface area contributed by atoms with Crippen LogP contribution >= 0.6 is 0 Å². The summed E-state index contributed by atoms with van der Waals surface area (Å²) >= 11 is 0. The number of hydrogen-bond donors (Lipinski definition) is 2. The van der Waals surface area contributed by atoms with E-state index in [2.05, 4.69) is 17.3 Å². The Labute approximate surface area is 157 Å². The van der Waals surface area contributed by atoms with Gasteiger partial charge in [0.05, 0.1) is 38.8 Å². The molecule has 1 fully saturated rings. The standard InChI is InChI=1S/C19H22N6O2/c1-13-5-4-6-25-16(13)22-17(24-9-7-23(3)8-10-24)15(19(25)27)11-14(12-20)18(26)21-2/h4-6,11H,7-10H2,1-3H3,(H,21,26)/p+1/b14-11+. The fourth-order valence-electron chi connectivity index (χ4n) is 3.20. The SMILES string of the molecule is CNC(=O)/C(C#N)=C/c1c(N2CC[NH+](C)CC2)nc2c(C)cccn2c1=O. The molecule has 1 aliphatic rings. The molecule has 2 aromatic heterocycles. The van der Waals surface area contributed by atoms with Gasteiger partial charge in [0.1, 0.15) is 23.1 Å². The summed E-state index contributed by atoms with van der Waals surface area (Å²) in [5.41, 5.74) is 1.32. The van der Waals surface area contributed by atoms with Crippen LogP contribution < -0.4 is 20.7 Å². The minimum Gasteiger partial charge on any atom is -0.354 e. The monoisotopic (exact) mass is 367 g/mol. The van der Waals surface area contributed by atoms with Gasteiger partial charge in [-0.25, -0.2) is 4.98 Å². The molecule has 2 aromatic rings. The Morgan fingerprint density at radius 2 is 2.11 bits per heavy atom. The first kappa shape index (κ1) is 18.6. The number of anilines is 1. The van der Waals surface area contributed by atoms with Gasteiger partial charge in [0, 0.05) is 13.2 Å². The van der Waals surface area contributed by atoms with E-state index in [1.54, 1.807) is 12.3 Å². The van der Waals surface area contributed by atoms with Crippen LogP contribution in [0.25, 0.3) is 11.7 Å². The molecule has 27 heavy (non-hydrogen) atoms. The van der Waals surface area contributed by atoms with E-state index in [9.17, 15) is 14.9 Å².